The summed E-state index contributed by atoms with van der Waals surface area (Å²) >= 11 is 0. The molecule has 2 atom stereocenters. The van der Waals surface area contributed by atoms with Crippen LogP contribution in [-0.4, -0.2) is 46.0 Å². The van der Waals surface area contributed by atoms with Crippen LogP contribution >= 0.6 is 0 Å². The van der Waals surface area contributed by atoms with Crippen molar-refractivity contribution < 1.29 is 23.7 Å². The summed E-state index contributed by atoms with van der Waals surface area (Å²) < 4.78 is 22.6. The molecule has 0 saturated carbocycles. The Bertz CT molecular complexity index is 1380. The zero-order valence-corrected chi connectivity index (χ0v) is 22.5. The van der Waals surface area contributed by atoms with Gasteiger partial charge in [-0.05, 0) is 58.6 Å². The number of benzene rings is 4. The number of nitrogens with one attached hydrogen (secondary N) is 1. The van der Waals surface area contributed by atoms with Crippen LogP contribution in [0.15, 0.2) is 84.9 Å². The summed E-state index contributed by atoms with van der Waals surface area (Å²) in [7, 11) is 3.04. The van der Waals surface area contributed by atoms with E-state index < -0.39 is 5.97 Å². The molecule has 6 nitrogen and oxygen atoms in total. The number of ether oxygens (including phenoxy) is 4. The van der Waals surface area contributed by atoms with Gasteiger partial charge in [0.15, 0.2) is 0 Å². The molecule has 1 saturated heterocycles. The predicted octanol–water partition coefficient (Wildman–Crippen LogP) is 5.92. The van der Waals surface area contributed by atoms with Crippen molar-refractivity contribution in [3.63, 3.8) is 0 Å². The van der Waals surface area contributed by atoms with Gasteiger partial charge in [-0.25, -0.2) is 4.79 Å². The second kappa shape index (κ2) is 12.8. The number of hydrogen-bond acceptors (Lipinski definition) is 6. The number of fused-ring (bicyclic) bond motifs is 1. The summed E-state index contributed by atoms with van der Waals surface area (Å²) in [6.45, 7) is 2.67. The Hall–Kier alpha value is -3.87. The molecule has 202 valence electrons. The van der Waals surface area contributed by atoms with Crippen LogP contribution in [0.5, 0.6) is 11.5 Å². The Morgan fingerprint density at radius 3 is 2.31 bits per heavy atom. The van der Waals surface area contributed by atoms with Crippen molar-refractivity contribution in [2.45, 2.75) is 31.5 Å². The van der Waals surface area contributed by atoms with Crippen LogP contribution in [0.25, 0.3) is 10.8 Å². The largest absolute Gasteiger partial charge is 0.496 e. The first-order valence-corrected chi connectivity index (χ1v) is 13.4. The Balaban J connectivity index is 1.17. The molecule has 5 rings (SSSR count). The molecule has 0 amide bonds. The predicted molar refractivity (Wildman–Crippen MR) is 153 cm³/mol. The van der Waals surface area contributed by atoms with E-state index in [0.717, 1.165) is 25.1 Å². The molecule has 6 heteroatoms. The quantitative estimate of drug-likeness (QED) is 0.259. The van der Waals surface area contributed by atoms with Crippen molar-refractivity contribution >= 4 is 16.7 Å². The van der Waals surface area contributed by atoms with Gasteiger partial charge in [-0.3, -0.25) is 0 Å². The fourth-order valence-corrected chi connectivity index (χ4v) is 5.24. The number of carbonyl (C=O) groups excluding carboxylic acids is 1. The lowest BCUT2D eigenvalue weighted by Crippen LogP contribution is -2.40. The lowest BCUT2D eigenvalue weighted by molar-refractivity contribution is 0.0106. The molecule has 1 N–H and O–H groups in total. The van der Waals surface area contributed by atoms with Crippen LogP contribution in [0.4, 0.5) is 0 Å². The maximum atomic E-state index is 12.7. The number of hydrogen-bond donors (Lipinski definition) is 1. The Labute approximate surface area is 229 Å². The van der Waals surface area contributed by atoms with E-state index in [0.29, 0.717) is 36.0 Å². The van der Waals surface area contributed by atoms with E-state index in [4.69, 9.17) is 18.9 Å². The molecule has 1 aliphatic heterocycles. The summed E-state index contributed by atoms with van der Waals surface area (Å²) in [5.41, 5.74) is 3.88. The van der Waals surface area contributed by atoms with E-state index in [9.17, 15) is 4.79 Å². The second-order valence-corrected chi connectivity index (χ2v) is 9.80. The Morgan fingerprint density at radius 1 is 0.846 bits per heavy atom. The van der Waals surface area contributed by atoms with Crippen molar-refractivity contribution in [1.29, 1.82) is 0 Å². The normalized spacial score (nSPS) is 17.1. The second-order valence-electron chi connectivity index (χ2n) is 9.80. The highest BCUT2D eigenvalue weighted by Crippen LogP contribution is 2.30. The first kappa shape index (κ1) is 26.7. The molecule has 0 aliphatic carbocycles. The smallest absolute Gasteiger partial charge is 0.345 e. The van der Waals surface area contributed by atoms with E-state index in [-0.39, 0.29) is 12.7 Å². The van der Waals surface area contributed by atoms with Crippen LogP contribution < -0.4 is 14.8 Å². The molecule has 0 spiro atoms. The molecular formula is C33H35NO5. The minimum absolute atomic E-state index is 0.104. The van der Waals surface area contributed by atoms with Crippen molar-refractivity contribution in [1.82, 2.24) is 5.32 Å². The fraction of sp³-hybridized carbons (Fsp3) is 0.303. The molecule has 1 heterocycles. The number of rotatable bonds is 10. The van der Waals surface area contributed by atoms with Gasteiger partial charge >= 0.3 is 5.97 Å². The van der Waals surface area contributed by atoms with E-state index >= 15 is 0 Å². The third-order valence-electron chi connectivity index (χ3n) is 7.37. The van der Waals surface area contributed by atoms with Crippen molar-refractivity contribution in [3.05, 3.63) is 107 Å². The minimum atomic E-state index is -0.456. The average Bonchev–Trinajstić information content (AvgIpc) is 3.00. The number of carbonyl (C=O) groups is 1. The van der Waals surface area contributed by atoms with Crippen LogP contribution in [0, 0.1) is 0 Å². The van der Waals surface area contributed by atoms with Gasteiger partial charge in [0.25, 0.3) is 0 Å². The number of piperidine rings is 1. The maximum absolute atomic E-state index is 12.7. The van der Waals surface area contributed by atoms with E-state index in [1.54, 1.807) is 18.2 Å². The molecule has 0 aromatic heterocycles. The van der Waals surface area contributed by atoms with E-state index in [1.165, 1.54) is 36.1 Å². The molecule has 4 aromatic rings. The van der Waals surface area contributed by atoms with Gasteiger partial charge in [0.05, 0.1) is 33.5 Å². The standard InChI is InChI=1S/C33H35NO5/c1-36-29-8-5-9-30(37-2)32(29)33(35)38-19-17-23-10-14-26(15-11-23)28-16-18-34-21-31(28)39-22-24-12-13-25-6-3-4-7-27(25)20-24/h3-15,20,28,31,34H,16-19,21-22H2,1-2H3. The van der Waals surface area contributed by atoms with E-state index in [2.05, 4.69) is 72.0 Å². The Morgan fingerprint density at radius 2 is 1.56 bits per heavy atom. The molecule has 1 fully saturated rings. The van der Waals surface area contributed by atoms with Gasteiger partial charge in [0.2, 0.25) is 0 Å². The van der Waals surface area contributed by atoms with Crippen LogP contribution in [-0.2, 0) is 22.5 Å². The molecule has 2 unspecified atom stereocenters. The monoisotopic (exact) mass is 525 g/mol. The number of esters is 1. The molecule has 1 aliphatic rings. The van der Waals surface area contributed by atoms with Crippen LogP contribution in [0.3, 0.4) is 0 Å². The first-order chi connectivity index (χ1) is 19.2. The van der Waals surface area contributed by atoms with E-state index in [1.807, 2.05) is 0 Å². The molecule has 39 heavy (non-hydrogen) atoms. The first-order valence-electron chi connectivity index (χ1n) is 13.4. The highest BCUT2D eigenvalue weighted by atomic mass is 16.5. The molecule has 0 radical (unpaired) electrons. The zero-order valence-electron chi connectivity index (χ0n) is 22.5. The van der Waals surface area contributed by atoms with Gasteiger partial charge in [0, 0.05) is 18.9 Å². The summed E-state index contributed by atoms with van der Waals surface area (Å²) in [6, 6.07) is 28.8. The van der Waals surface area contributed by atoms with Gasteiger partial charge in [-0.2, -0.15) is 0 Å². The average molecular weight is 526 g/mol. The molecule has 0 bridgehead atoms. The molecule has 4 aromatic carbocycles. The Kier molecular flexibility index (Phi) is 8.76. The summed E-state index contributed by atoms with van der Waals surface area (Å²) in [4.78, 5) is 12.7. The minimum Gasteiger partial charge on any atom is -0.496 e. The highest BCUT2D eigenvalue weighted by molar-refractivity contribution is 5.95. The molecular weight excluding hydrogens is 490 g/mol. The lowest BCUT2D eigenvalue weighted by Gasteiger charge is -2.32. The fourth-order valence-electron chi connectivity index (χ4n) is 5.24. The highest BCUT2D eigenvalue weighted by Gasteiger charge is 2.27. The van der Waals surface area contributed by atoms with Gasteiger partial charge in [-0.15, -0.1) is 0 Å². The zero-order chi connectivity index (χ0) is 27.0. The summed E-state index contributed by atoms with van der Waals surface area (Å²) in [6.07, 6.45) is 1.75. The van der Waals surface area contributed by atoms with Crippen molar-refractivity contribution in [3.8, 4) is 11.5 Å². The van der Waals surface area contributed by atoms with Crippen molar-refractivity contribution in [2.75, 3.05) is 33.9 Å². The SMILES string of the molecule is COc1cccc(OC)c1C(=O)OCCc1ccc(C2CCNCC2OCc2ccc3ccccc3c2)cc1. The van der Waals surface area contributed by atoms with Crippen molar-refractivity contribution in [2.24, 2.45) is 0 Å². The third-order valence-corrected chi connectivity index (χ3v) is 7.37. The van der Waals surface area contributed by atoms with Gasteiger partial charge in [-0.1, -0.05) is 66.7 Å². The van der Waals surface area contributed by atoms with Crippen LogP contribution in [0.2, 0.25) is 0 Å². The third kappa shape index (κ3) is 6.41. The topological polar surface area (TPSA) is 66.0 Å². The van der Waals surface area contributed by atoms with Gasteiger partial charge < -0.3 is 24.3 Å². The summed E-state index contributed by atoms with van der Waals surface area (Å²) in [5.74, 6) is 0.741. The lowest BCUT2D eigenvalue weighted by atomic mass is 9.87. The summed E-state index contributed by atoms with van der Waals surface area (Å²) in [5, 5.41) is 5.97. The van der Waals surface area contributed by atoms with Crippen LogP contribution in [0.1, 0.15) is 39.4 Å². The maximum Gasteiger partial charge on any atom is 0.345 e. The number of methoxy groups -OCH3 is 2. The van der Waals surface area contributed by atoms with Gasteiger partial charge in [0.1, 0.15) is 17.1 Å².